The molecule has 0 aliphatic heterocycles. The van der Waals surface area contributed by atoms with E-state index in [1.165, 1.54) is 44.5 Å². The fourth-order valence-corrected chi connectivity index (χ4v) is 8.23. The van der Waals surface area contributed by atoms with Crippen LogP contribution >= 0.6 is 0 Å². The molecule has 1 aliphatic rings. The molecule has 8 aromatic rings. The van der Waals surface area contributed by atoms with E-state index in [4.69, 9.17) is 15.0 Å². The minimum atomic E-state index is -0.526. The molecule has 0 saturated carbocycles. The van der Waals surface area contributed by atoms with Gasteiger partial charge < -0.3 is 0 Å². The molecule has 0 saturated heterocycles. The van der Waals surface area contributed by atoms with Gasteiger partial charge in [0.05, 0.1) is 22.5 Å². The number of fused-ring (bicyclic) bond motifs is 3. The van der Waals surface area contributed by atoms with Crippen LogP contribution in [-0.4, -0.2) is 15.0 Å². The largest absolute Gasteiger partial charge is 0.253 e. The number of aromatic nitrogens is 3. The predicted molar refractivity (Wildman–Crippen MR) is 213 cm³/mol. The Labute approximate surface area is 305 Å². The maximum atomic E-state index is 5.02. The molecule has 0 fully saturated rings. The van der Waals surface area contributed by atoms with Crippen LogP contribution in [0.3, 0.4) is 0 Å². The molecule has 6 aromatic carbocycles. The summed E-state index contributed by atoms with van der Waals surface area (Å²) >= 11 is 0. The zero-order chi connectivity index (χ0) is 35.2. The lowest BCUT2D eigenvalue weighted by Crippen LogP contribution is -2.28. The monoisotopic (exact) mass is 667 g/mol. The summed E-state index contributed by atoms with van der Waals surface area (Å²) in [4.78, 5) is 15.0. The van der Waals surface area contributed by atoms with E-state index in [0.717, 1.165) is 50.9 Å². The van der Waals surface area contributed by atoms with Crippen molar-refractivity contribution >= 4 is 0 Å². The molecule has 0 N–H and O–H groups in total. The van der Waals surface area contributed by atoms with Crippen LogP contribution in [0.25, 0.3) is 56.0 Å². The first kappa shape index (κ1) is 31.5. The van der Waals surface area contributed by atoms with Gasteiger partial charge in [-0.05, 0) is 101 Å². The quantitative estimate of drug-likeness (QED) is 0.177. The molecule has 2 heterocycles. The molecular formula is C49H37N3. The molecule has 0 atom stereocenters. The Hall–Kier alpha value is -6.45. The average Bonchev–Trinajstić information content (AvgIpc) is 3.48. The van der Waals surface area contributed by atoms with Crippen molar-refractivity contribution in [2.75, 3.05) is 0 Å². The summed E-state index contributed by atoms with van der Waals surface area (Å²) in [7, 11) is 0. The van der Waals surface area contributed by atoms with Crippen molar-refractivity contribution < 1.29 is 0 Å². The molecule has 9 rings (SSSR count). The zero-order valence-electron chi connectivity index (χ0n) is 29.5. The van der Waals surface area contributed by atoms with E-state index in [9.17, 15) is 0 Å². The van der Waals surface area contributed by atoms with Gasteiger partial charge in [-0.15, -0.1) is 0 Å². The van der Waals surface area contributed by atoms with Crippen LogP contribution in [0.4, 0.5) is 0 Å². The minimum absolute atomic E-state index is 0.526. The van der Waals surface area contributed by atoms with Gasteiger partial charge in [-0.25, -0.2) is 9.97 Å². The second-order valence-corrected chi connectivity index (χ2v) is 13.8. The molecular weight excluding hydrogens is 631 g/mol. The number of pyridine rings is 1. The van der Waals surface area contributed by atoms with Crippen molar-refractivity contribution in [1.29, 1.82) is 0 Å². The topological polar surface area (TPSA) is 38.7 Å². The number of hydrogen-bond donors (Lipinski definition) is 0. The van der Waals surface area contributed by atoms with Gasteiger partial charge in [-0.2, -0.15) is 0 Å². The third-order valence-electron chi connectivity index (χ3n) is 10.4. The maximum absolute atomic E-state index is 5.02. The smallest absolute Gasteiger partial charge is 0.126 e. The highest BCUT2D eigenvalue weighted by molar-refractivity contribution is 5.91. The van der Waals surface area contributed by atoms with Crippen LogP contribution in [0.1, 0.15) is 39.3 Å². The van der Waals surface area contributed by atoms with Crippen LogP contribution in [0, 0.1) is 20.8 Å². The molecule has 2 aromatic heterocycles. The number of rotatable bonds is 6. The van der Waals surface area contributed by atoms with Crippen molar-refractivity contribution in [3.8, 4) is 56.0 Å². The predicted octanol–water partition coefficient (Wildman–Crippen LogP) is 11.8. The molecule has 248 valence electrons. The third kappa shape index (κ3) is 5.25. The van der Waals surface area contributed by atoms with E-state index >= 15 is 0 Å². The van der Waals surface area contributed by atoms with Crippen LogP contribution in [0.2, 0.25) is 0 Å². The summed E-state index contributed by atoms with van der Waals surface area (Å²) in [6.07, 6.45) is 0. The van der Waals surface area contributed by atoms with Crippen LogP contribution in [0.15, 0.2) is 170 Å². The van der Waals surface area contributed by atoms with Crippen molar-refractivity contribution in [2.24, 2.45) is 0 Å². The van der Waals surface area contributed by atoms with E-state index in [1.807, 2.05) is 6.92 Å². The van der Waals surface area contributed by atoms with Gasteiger partial charge in [0.2, 0.25) is 0 Å². The van der Waals surface area contributed by atoms with Gasteiger partial charge in [0.25, 0.3) is 0 Å². The Morgan fingerprint density at radius 3 is 1.63 bits per heavy atom. The van der Waals surface area contributed by atoms with E-state index in [0.29, 0.717) is 0 Å². The van der Waals surface area contributed by atoms with E-state index in [2.05, 4.69) is 184 Å². The lowest BCUT2D eigenvalue weighted by molar-refractivity contribution is 0.768. The Bertz CT molecular complexity index is 2530. The van der Waals surface area contributed by atoms with Gasteiger partial charge in [0.1, 0.15) is 5.82 Å². The number of aryl methyl sites for hydroxylation is 3. The fourth-order valence-electron chi connectivity index (χ4n) is 8.23. The van der Waals surface area contributed by atoms with Gasteiger partial charge in [-0.3, -0.25) is 4.98 Å². The zero-order valence-corrected chi connectivity index (χ0v) is 29.5. The first-order valence-electron chi connectivity index (χ1n) is 17.9. The highest BCUT2D eigenvalue weighted by Gasteiger charge is 2.46. The fraction of sp³-hybridized carbons (Fsp3) is 0.0816. The van der Waals surface area contributed by atoms with Crippen molar-refractivity contribution in [2.45, 2.75) is 26.2 Å². The van der Waals surface area contributed by atoms with Crippen LogP contribution in [-0.2, 0) is 5.41 Å². The van der Waals surface area contributed by atoms with Gasteiger partial charge in [0, 0.05) is 22.4 Å². The standard InChI is InChI=1S/C49H37N3/c1-32-27-33(2)50-46(28-32)37-23-25-41-43-29-36(47-31-48(52-34(3)51-47)42-22-14-13-21-40(42)35-15-7-4-8-16-35)24-26-44(43)49(45(41)30-37,38-17-9-5-10-18-38)39-19-11-6-12-20-39/h4-31H,1-3H3. The van der Waals surface area contributed by atoms with Gasteiger partial charge >= 0.3 is 0 Å². The van der Waals surface area contributed by atoms with Gasteiger partial charge in [-0.1, -0.05) is 140 Å². The summed E-state index contributed by atoms with van der Waals surface area (Å²) in [6, 6.07) is 61.2. The summed E-state index contributed by atoms with van der Waals surface area (Å²) in [5.41, 5.74) is 17.5. The summed E-state index contributed by atoms with van der Waals surface area (Å²) in [5.74, 6) is 0.741. The Balaban J connectivity index is 1.27. The lowest BCUT2D eigenvalue weighted by Gasteiger charge is -2.34. The average molecular weight is 668 g/mol. The Kier molecular flexibility index (Phi) is 7.70. The Morgan fingerprint density at radius 1 is 0.365 bits per heavy atom. The highest BCUT2D eigenvalue weighted by atomic mass is 14.9. The molecule has 3 heteroatoms. The molecule has 52 heavy (non-hydrogen) atoms. The van der Waals surface area contributed by atoms with Crippen LogP contribution in [0.5, 0.6) is 0 Å². The van der Waals surface area contributed by atoms with Gasteiger partial charge in [0.15, 0.2) is 0 Å². The van der Waals surface area contributed by atoms with E-state index < -0.39 is 5.41 Å². The van der Waals surface area contributed by atoms with Crippen molar-refractivity contribution in [1.82, 2.24) is 15.0 Å². The maximum Gasteiger partial charge on any atom is 0.126 e. The van der Waals surface area contributed by atoms with Crippen molar-refractivity contribution in [3.05, 3.63) is 209 Å². The van der Waals surface area contributed by atoms with E-state index in [1.54, 1.807) is 0 Å². The number of benzene rings is 6. The first-order chi connectivity index (χ1) is 25.5. The molecule has 0 amide bonds. The second kappa shape index (κ2) is 12.7. The summed E-state index contributed by atoms with van der Waals surface area (Å²) < 4.78 is 0. The molecule has 0 unspecified atom stereocenters. The highest BCUT2D eigenvalue weighted by Crippen LogP contribution is 2.57. The minimum Gasteiger partial charge on any atom is -0.253 e. The van der Waals surface area contributed by atoms with Crippen LogP contribution < -0.4 is 0 Å². The normalized spacial score (nSPS) is 12.7. The third-order valence-corrected chi connectivity index (χ3v) is 10.4. The van der Waals surface area contributed by atoms with Crippen molar-refractivity contribution in [3.63, 3.8) is 0 Å². The molecule has 3 nitrogen and oxygen atoms in total. The number of hydrogen-bond acceptors (Lipinski definition) is 3. The summed E-state index contributed by atoms with van der Waals surface area (Å²) in [5, 5.41) is 0. The van der Waals surface area contributed by atoms with E-state index in [-0.39, 0.29) is 0 Å². The number of nitrogens with zero attached hydrogens (tertiary/aromatic N) is 3. The first-order valence-corrected chi connectivity index (χ1v) is 17.9. The lowest BCUT2D eigenvalue weighted by atomic mass is 9.67. The summed E-state index contributed by atoms with van der Waals surface area (Å²) in [6.45, 7) is 6.20. The Morgan fingerprint density at radius 2 is 0.942 bits per heavy atom. The SMILES string of the molecule is Cc1cc(C)nc(-c2ccc3c(c2)C(c2ccccc2)(c2ccccc2)c2ccc(-c4cc(-c5ccccc5-c5ccccc5)nc(C)n4)cc2-3)c1. The molecule has 0 bridgehead atoms. The molecule has 1 aliphatic carbocycles. The molecule has 0 spiro atoms. The molecule has 0 radical (unpaired) electrons. The second-order valence-electron chi connectivity index (χ2n) is 13.8.